The van der Waals surface area contributed by atoms with Gasteiger partial charge in [-0.15, -0.1) is 0 Å². The van der Waals surface area contributed by atoms with Gasteiger partial charge in [0.2, 0.25) is 0 Å². The number of fused-ring (bicyclic) bond motifs is 1. The Morgan fingerprint density at radius 1 is 1.16 bits per heavy atom. The number of carbonyl (C=O) groups is 2. The standard InChI is InChI=1S/C28H39NO7S/c1-18(8-10-22(30)34-16-13-29-11-14-33-15-12-29)7-9-20-24(32-6)19(2)21-17-35-26(31)23(21)25(20)36-27(37)28(3,4)5/h7H,8-17H2,1-6H3. The number of cyclic esters (lactones) is 1. The Morgan fingerprint density at radius 3 is 2.51 bits per heavy atom. The molecule has 9 heteroatoms. The molecule has 8 nitrogen and oxygen atoms in total. The van der Waals surface area contributed by atoms with Crippen LogP contribution in [0.5, 0.6) is 11.5 Å². The van der Waals surface area contributed by atoms with Crippen molar-refractivity contribution in [2.24, 2.45) is 5.41 Å². The molecule has 2 aliphatic rings. The number of allylic oxidation sites excluding steroid dienone is 2. The van der Waals surface area contributed by atoms with E-state index in [1.165, 1.54) is 0 Å². The first-order chi connectivity index (χ1) is 17.5. The summed E-state index contributed by atoms with van der Waals surface area (Å²) in [6.07, 6.45) is 3.35. The molecule has 1 aromatic rings. The summed E-state index contributed by atoms with van der Waals surface area (Å²) in [6, 6.07) is 0. The minimum Gasteiger partial charge on any atom is -0.496 e. The predicted octanol–water partition coefficient (Wildman–Crippen LogP) is 4.57. The molecule has 204 valence electrons. The number of ether oxygens (including phenoxy) is 5. The molecule has 1 saturated heterocycles. The van der Waals surface area contributed by atoms with Gasteiger partial charge in [0.1, 0.15) is 30.3 Å². The number of thiocarbonyl (C=S) groups is 1. The van der Waals surface area contributed by atoms with Gasteiger partial charge in [-0.05, 0) is 44.5 Å². The number of esters is 2. The van der Waals surface area contributed by atoms with E-state index in [4.69, 9.17) is 35.9 Å². The number of hydrogen-bond acceptors (Lipinski definition) is 9. The number of benzene rings is 1. The summed E-state index contributed by atoms with van der Waals surface area (Å²) in [5.74, 6) is 0.408. The van der Waals surface area contributed by atoms with E-state index in [9.17, 15) is 9.59 Å². The lowest BCUT2D eigenvalue weighted by Crippen LogP contribution is -2.38. The third kappa shape index (κ3) is 7.52. The monoisotopic (exact) mass is 533 g/mol. The van der Waals surface area contributed by atoms with Gasteiger partial charge in [0.05, 0.1) is 20.3 Å². The van der Waals surface area contributed by atoms with Gasteiger partial charge < -0.3 is 23.7 Å². The van der Waals surface area contributed by atoms with E-state index in [0.29, 0.717) is 48.0 Å². The van der Waals surface area contributed by atoms with E-state index in [2.05, 4.69) is 4.90 Å². The molecule has 37 heavy (non-hydrogen) atoms. The number of carbonyl (C=O) groups excluding carboxylic acids is 2. The molecule has 0 aromatic heterocycles. The van der Waals surface area contributed by atoms with Gasteiger partial charge in [-0.3, -0.25) is 9.69 Å². The molecule has 0 saturated carbocycles. The summed E-state index contributed by atoms with van der Waals surface area (Å²) in [5.41, 5.74) is 3.39. The second-order valence-corrected chi connectivity index (χ2v) is 10.8. The number of methoxy groups -OCH3 is 1. The fourth-order valence-electron chi connectivity index (χ4n) is 4.23. The summed E-state index contributed by atoms with van der Waals surface area (Å²) in [4.78, 5) is 27.1. The zero-order valence-corrected chi connectivity index (χ0v) is 23.7. The molecule has 1 fully saturated rings. The van der Waals surface area contributed by atoms with Crippen LogP contribution in [-0.2, 0) is 32.0 Å². The summed E-state index contributed by atoms with van der Waals surface area (Å²) in [5, 5.41) is 0.377. The highest BCUT2D eigenvalue weighted by molar-refractivity contribution is 7.80. The van der Waals surface area contributed by atoms with E-state index in [1.54, 1.807) is 7.11 Å². The van der Waals surface area contributed by atoms with Gasteiger partial charge in [-0.25, -0.2) is 4.79 Å². The van der Waals surface area contributed by atoms with Crippen LogP contribution in [0.15, 0.2) is 11.6 Å². The Labute approximate surface area is 225 Å². The van der Waals surface area contributed by atoms with E-state index in [0.717, 1.165) is 55.1 Å². The maximum absolute atomic E-state index is 12.7. The average Bonchev–Trinajstić information content (AvgIpc) is 3.25. The van der Waals surface area contributed by atoms with Crippen molar-refractivity contribution in [3.05, 3.63) is 33.9 Å². The zero-order chi connectivity index (χ0) is 27.2. The zero-order valence-electron chi connectivity index (χ0n) is 22.9. The first-order valence-electron chi connectivity index (χ1n) is 12.8. The van der Waals surface area contributed by atoms with Crippen molar-refractivity contribution in [2.75, 3.05) is 46.6 Å². The van der Waals surface area contributed by atoms with Crippen molar-refractivity contribution in [1.82, 2.24) is 4.90 Å². The lowest BCUT2D eigenvalue weighted by Gasteiger charge is -2.26. The molecule has 0 bridgehead atoms. The maximum Gasteiger partial charge on any atom is 0.342 e. The molecule has 1 aromatic carbocycles. The van der Waals surface area contributed by atoms with Crippen molar-refractivity contribution < 1.29 is 33.3 Å². The minimum absolute atomic E-state index is 0.178. The molecule has 0 radical (unpaired) electrons. The van der Waals surface area contributed by atoms with E-state index in [1.807, 2.05) is 40.7 Å². The highest BCUT2D eigenvalue weighted by Gasteiger charge is 2.34. The average molecular weight is 534 g/mol. The predicted molar refractivity (Wildman–Crippen MR) is 144 cm³/mol. The first kappa shape index (κ1) is 29.1. The molecule has 0 spiro atoms. The van der Waals surface area contributed by atoms with Crippen molar-refractivity contribution >= 4 is 29.2 Å². The summed E-state index contributed by atoms with van der Waals surface area (Å²) in [6.45, 7) is 14.3. The normalized spacial score (nSPS) is 16.3. The molecule has 3 rings (SSSR count). The second kappa shape index (κ2) is 12.8. The maximum atomic E-state index is 12.7. The molecule has 0 unspecified atom stereocenters. The van der Waals surface area contributed by atoms with E-state index < -0.39 is 11.4 Å². The summed E-state index contributed by atoms with van der Waals surface area (Å²) < 4.78 is 28.0. The smallest absolute Gasteiger partial charge is 0.342 e. The molecular formula is C28H39NO7S. The highest BCUT2D eigenvalue weighted by Crippen LogP contribution is 2.43. The third-order valence-corrected chi connectivity index (χ3v) is 7.28. The van der Waals surface area contributed by atoms with Gasteiger partial charge in [0, 0.05) is 42.6 Å². The summed E-state index contributed by atoms with van der Waals surface area (Å²) in [7, 11) is 1.60. The third-order valence-electron chi connectivity index (χ3n) is 6.59. The SMILES string of the molecule is COc1c(C)c2c(c(OC(=S)C(C)(C)C)c1CC=C(C)CCC(=O)OCCN1CCOCC1)C(=O)OC2. The fourth-order valence-corrected chi connectivity index (χ4v) is 4.31. The van der Waals surface area contributed by atoms with Gasteiger partial charge in [-0.2, -0.15) is 0 Å². The van der Waals surface area contributed by atoms with Crippen molar-refractivity contribution in [3.63, 3.8) is 0 Å². The lowest BCUT2D eigenvalue weighted by atomic mass is 9.94. The lowest BCUT2D eigenvalue weighted by molar-refractivity contribution is -0.144. The van der Waals surface area contributed by atoms with Crippen LogP contribution in [-0.4, -0.2) is 68.5 Å². The number of hydrogen-bond donors (Lipinski definition) is 0. The number of rotatable bonds is 10. The largest absolute Gasteiger partial charge is 0.496 e. The number of nitrogens with zero attached hydrogens (tertiary/aromatic N) is 1. The minimum atomic E-state index is -0.422. The molecule has 0 aliphatic carbocycles. The quantitative estimate of drug-likeness (QED) is 0.244. The molecule has 2 heterocycles. The Bertz CT molecular complexity index is 1050. The van der Waals surface area contributed by atoms with Crippen LogP contribution >= 0.6 is 12.2 Å². The van der Waals surface area contributed by atoms with Crippen LogP contribution in [0.25, 0.3) is 0 Å². The van der Waals surface area contributed by atoms with Crippen molar-refractivity contribution in [1.29, 1.82) is 0 Å². The summed E-state index contributed by atoms with van der Waals surface area (Å²) >= 11 is 5.55. The Kier molecular flexibility index (Phi) is 10.1. The topological polar surface area (TPSA) is 83.5 Å². The van der Waals surface area contributed by atoms with Gasteiger partial charge in [0.15, 0.2) is 5.05 Å². The first-order valence-corrected chi connectivity index (χ1v) is 13.2. The Morgan fingerprint density at radius 2 is 1.86 bits per heavy atom. The van der Waals surface area contributed by atoms with Crippen LogP contribution in [0.4, 0.5) is 0 Å². The van der Waals surface area contributed by atoms with Gasteiger partial charge in [-0.1, -0.05) is 32.4 Å². The van der Waals surface area contributed by atoms with Crippen LogP contribution in [0.2, 0.25) is 0 Å². The molecule has 0 amide bonds. The molecular weight excluding hydrogens is 494 g/mol. The van der Waals surface area contributed by atoms with Crippen LogP contribution in [0, 0.1) is 12.3 Å². The van der Waals surface area contributed by atoms with Crippen molar-refractivity contribution in [3.8, 4) is 11.5 Å². The van der Waals surface area contributed by atoms with Crippen LogP contribution < -0.4 is 9.47 Å². The van der Waals surface area contributed by atoms with E-state index in [-0.39, 0.29) is 12.6 Å². The van der Waals surface area contributed by atoms with E-state index >= 15 is 0 Å². The van der Waals surface area contributed by atoms with Crippen molar-refractivity contribution in [2.45, 2.75) is 60.5 Å². The Balaban J connectivity index is 1.71. The van der Waals surface area contributed by atoms with Gasteiger partial charge >= 0.3 is 11.9 Å². The molecule has 0 N–H and O–H groups in total. The fraction of sp³-hybridized carbons (Fsp3) is 0.607. The second-order valence-electron chi connectivity index (χ2n) is 10.5. The van der Waals surface area contributed by atoms with Crippen LogP contribution in [0.1, 0.15) is 67.6 Å². The Hall–Kier alpha value is -2.49. The number of morpholine rings is 1. The van der Waals surface area contributed by atoms with Crippen LogP contribution in [0.3, 0.4) is 0 Å². The highest BCUT2D eigenvalue weighted by atomic mass is 32.1. The van der Waals surface area contributed by atoms with Gasteiger partial charge in [0.25, 0.3) is 0 Å². The molecule has 0 atom stereocenters. The molecule has 2 aliphatic heterocycles.